The third kappa shape index (κ3) is 6.46. The molecule has 0 saturated carbocycles. The van der Waals surface area contributed by atoms with Crippen molar-refractivity contribution in [3.63, 3.8) is 0 Å². The second kappa shape index (κ2) is 10.6. The van der Waals surface area contributed by atoms with Crippen LogP contribution in [0.3, 0.4) is 0 Å². The number of nitrogens with two attached hydrogens (primary N) is 1. The first-order chi connectivity index (χ1) is 13.7. The van der Waals surface area contributed by atoms with E-state index in [0.717, 1.165) is 36.8 Å². The van der Waals surface area contributed by atoms with Gasteiger partial charge in [0.2, 0.25) is 0 Å². The van der Waals surface area contributed by atoms with Crippen LogP contribution in [0.15, 0.2) is 53.5 Å². The molecule has 0 bridgehead atoms. The molecule has 1 fully saturated rings. The molecule has 1 aliphatic rings. The van der Waals surface area contributed by atoms with Crippen LogP contribution in [0.5, 0.6) is 11.5 Å². The zero-order chi connectivity index (χ0) is 19.6. The molecule has 0 aromatic heterocycles. The van der Waals surface area contributed by atoms with Gasteiger partial charge in [-0.15, -0.1) is 0 Å². The Morgan fingerprint density at radius 1 is 1.11 bits per heavy atom. The smallest absolute Gasteiger partial charge is 0.193 e. The highest BCUT2D eigenvalue weighted by Crippen LogP contribution is 2.16. The molecule has 2 aromatic rings. The molecule has 1 saturated heterocycles. The van der Waals surface area contributed by atoms with Crippen molar-refractivity contribution < 1.29 is 9.47 Å². The van der Waals surface area contributed by atoms with Gasteiger partial charge in [-0.25, -0.2) is 0 Å². The Kier molecular flexibility index (Phi) is 7.55. The van der Waals surface area contributed by atoms with Crippen LogP contribution < -0.4 is 20.5 Å². The molecule has 0 amide bonds. The molecule has 28 heavy (non-hydrogen) atoms. The highest BCUT2D eigenvalue weighted by atomic mass is 16.5. The fourth-order valence-electron chi connectivity index (χ4n) is 3.24. The Bertz CT molecular complexity index is 755. The summed E-state index contributed by atoms with van der Waals surface area (Å²) < 4.78 is 11.0. The second-order valence-corrected chi connectivity index (χ2v) is 6.92. The largest absolute Gasteiger partial charge is 0.497 e. The van der Waals surface area contributed by atoms with Gasteiger partial charge in [-0.3, -0.25) is 9.89 Å². The van der Waals surface area contributed by atoms with E-state index in [4.69, 9.17) is 15.2 Å². The fraction of sp³-hybridized carbons (Fsp3) is 0.409. The first kappa shape index (κ1) is 20.0. The average molecular weight is 383 g/mol. The number of methoxy groups -OCH3 is 1. The normalized spacial score (nSPS) is 14.8. The quantitative estimate of drug-likeness (QED) is 0.515. The minimum absolute atomic E-state index is 0.398. The minimum atomic E-state index is 0.398. The minimum Gasteiger partial charge on any atom is -0.497 e. The number of ether oxygens (including phenoxy) is 2. The lowest BCUT2D eigenvalue weighted by Crippen LogP contribution is -2.25. The van der Waals surface area contributed by atoms with E-state index in [2.05, 4.69) is 27.3 Å². The van der Waals surface area contributed by atoms with Crippen LogP contribution in [0.2, 0.25) is 0 Å². The number of likely N-dealkylation sites (tertiary alicyclic amines) is 1. The zero-order valence-electron chi connectivity index (χ0n) is 16.6. The number of nitrogens with one attached hydrogen (secondary N) is 1. The van der Waals surface area contributed by atoms with Gasteiger partial charge in [0, 0.05) is 24.8 Å². The molecule has 0 radical (unpaired) electrons. The van der Waals surface area contributed by atoms with E-state index in [1.54, 1.807) is 7.11 Å². The Morgan fingerprint density at radius 3 is 2.64 bits per heavy atom. The molecule has 2 aromatic carbocycles. The Labute approximate surface area is 167 Å². The maximum absolute atomic E-state index is 5.97. The van der Waals surface area contributed by atoms with Gasteiger partial charge in [-0.2, -0.15) is 0 Å². The molecule has 0 atom stereocenters. The van der Waals surface area contributed by atoms with Crippen LogP contribution in [-0.2, 0) is 6.42 Å². The maximum Gasteiger partial charge on any atom is 0.193 e. The van der Waals surface area contributed by atoms with E-state index in [1.165, 1.54) is 31.5 Å². The molecule has 0 aliphatic carbocycles. The molecular formula is C22H30N4O2. The van der Waals surface area contributed by atoms with Crippen molar-refractivity contribution in [2.24, 2.45) is 10.7 Å². The molecule has 1 aliphatic heterocycles. The molecular weight excluding hydrogens is 352 g/mol. The first-order valence-corrected chi connectivity index (χ1v) is 9.88. The SMILES string of the molecule is COc1cccc(NC(N)=NCCc2ccc(OCCN3CCCC3)cc2)c1. The number of benzene rings is 2. The number of aliphatic imine (C=N–C) groups is 1. The molecule has 3 N–H and O–H groups in total. The van der Waals surface area contributed by atoms with E-state index in [1.807, 2.05) is 36.4 Å². The topological polar surface area (TPSA) is 72.1 Å². The van der Waals surface area contributed by atoms with Gasteiger partial charge in [0.05, 0.1) is 7.11 Å². The number of hydrogen-bond acceptors (Lipinski definition) is 4. The lowest BCUT2D eigenvalue weighted by molar-refractivity contribution is 0.238. The summed E-state index contributed by atoms with van der Waals surface area (Å²) in [4.78, 5) is 6.85. The van der Waals surface area contributed by atoms with Gasteiger partial charge >= 0.3 is 0 Å². The van der Waals surface area contributed by atoms with Gasteiger partial charge in [0.25, 0.3) is 0 Å². The first-order valence-electron chi connectivity index (χ1n) is 9.88. The molecule has 150 valence electrons. The highest BCUT2D eigenvalue weighted by Gasteiger charge is 2.10. The van der Waals surface area contributed by atoms with E-state index < -0.39 is 0 Å². The summed E-state index contributed by atoms with van der Waals surface area (Å²) in [5.74, 6) is 2.10. The van der Waals surface area contributed by atoms with Crippen LogP contribution in [0.1, 0.15) is 18.4 Å². The Hall–Kier alpha value is -2.73. The van der Waals surface area contributed by atoms with Crippen molar-refractivity contribution >= 4 is 11.6 Å². The second-order valence-electron chi connectivity index (χ2n) is 6.92. The lowest BCUT2D eigenvalue weighted by Gasteiger charge is -2.15. The van der Waals surface area contributed by atoms with E-state index in [0.29, 0.717) is 12.5 Å². The van der Waals surface area contributed by atoms with E-state index >= 15 is 0 Å². The summed E-state index contributed by atoms with van der Waals surface area (Å²) in [5.41, 5.74) is 8.04. The number of guanidine groups is 1. The zero-order valence-corrected chi connectivity index (χ0v) is 16.6. The molecule has 0 unspecified atom stereocenters. The molecule has 6 nitrogen and oxygen atoms in total. The van der Waals surface area contributed by atoms with Crippen molar-refractivity contribution in [3.8, 4) is 11.5 Å². The van der Waals surface area contributed by atoms with E-state index in [-0.39, 0.29) is 0 Å². The van der Waals surface area contributed by atoms with Crippen molar-refractivity contribution in [3.05, 3.63) is 54.1 Å². The fourth-order valence-corrected chi connectivity index (χ4v) is 3.24. The number of rotatable bonds is 9. The standard InChI is InChI=1S/C22H30N4O2/c1-27-21-6-4-5-19(17-21)25-22(23)24-12-11-18-7-9-20(10-8-18)28-16-15-26-13-2-3-14-26/h4-10,17H,2-3,11-16H2,1H3,(H3,23,24,25). The molecule has 6 heteroatoms. The molecule has 0 spiro atoms. The monoisotopic (exact) mass is 382 g/mol. The molecule has 1 heterocycles. The van der Waals surface area contributed by atoms with Crippen LogP contribution in [0.4, 0.5) is 5.69 Å². The summed E-state index contributed by atoms with van der Waals surface area (Å²) in [6.07, 6.45) is 3.46. The summed E-state index contributed by atoms with van der Waals surface area (Å²) >= 11 is 0. The lowest BCUT2D eigenvalue weighted by atomic mass is 10.1. The predicted molar refractivity (Wildman–Crippen MR) is 114 cm³/mol. The summed E-state index contributed by atoms with van der Waals surface area (Å²) in [6, 6.07) is 15.8. The number of nitrogens with zero attached hydrogens (tertiary/aromatic N) is 2. The van der Waals surface area contributed by atoms with Crippen molar-refractivity contribution in [1.29, 1.82) is 0 Å². The third-order valence-electron chi connectivity index (χ3n) is 4.82. The van der Waals surface area contributed by atoms with Crippen molar-refractivity contribution in [2.45, 2.75) is 19.3 Å². The average Bonchev–Trinajstić information content (AvgIpc) is 3.23. The highest BCUT2D eigenvalue weighted by molar-refractivity contribution is 5.92. The third-order valence-corrected chi connectivity index (χ3v) is 4.82. The van der Waals surface area contributed by atoms with Gasteiger partial charge in [0.1, 0.15) is 18.1 Å². The van der Waals surface area contributed by atoms with Gasteiger partial charge < -0.3 is 20.5 Å². The predicted octanol–water partition coefficient (Wildman–Crippen LogP) is 3.14. The maximum atomic E-state index is 5.97. The number of hydrogen-bond donors (Lipinski definition) is 2. The van der Waals surface area contributed by atoms with Gasteiger partial charge in [-0.1, -0.05) is 18.2 Å². The summed E-state index contributed by atoms with van der Waals surface area (Å²) in [5, 5.41) is 3.08. The van der Waals surface area contributed by atoms with Crippen molar-refractivity contribution in [2.75, 3.05) is 45.2 Å². The molecule has 3 rings (SSSR count). The van der Waals surface area contributed by atoms with Gasteiger partial charge in [0.15, 0.2) is 5.96 Å². The van der Waals surface area contributed by atoms with Crippen LogP contribution in [0.25, 0.3) is 0 Å². The summed E-state index contributed by atoms with van der Waals surface area (Å²) in [6.45, 7) is 4.79. The van der Waals surface area contributed by atoms with Crippen LogP contribution >= 0.6 is 0 Å². The Morgan fingerprint density at radius 2 is 1.89 bits per heavy atom. The van der Waals surface area contributed by atoms with Crippen LogP contribution in [0, 0.1) is 0 Å². The number of anilines is 1. The van der Waals surface area contributed by atoms with E-state index in [9.17, 15) is 0 Å². The Balaban J connectivity index is 1.39. The summed E-state index contributed by atoms with van der Waals surface area (Å²) in [7, 11) is 1.64. The van der Waals surface area contributed by atoms with Gasteiger partial charge in [-0.05, 0) is 62.2 Å². The van der Waals surface area contributed by atoms with Crippen molar-refractivity contribution in [1.82, 2.24) is 4.90 Å². The van der Waals surface area contributed by atoms with Crippen LogP contribution in [-0.4, -0.2) is 50.8 Å².